The summed E-state index contributed by atoms with van der Waals surface area (Å²) in [7, 11) is 0. The summed E-state index contributed by atoms with van der Waals surface area (Å²) < 4.78 is 2.24. The number of rotatable bonds is 2. The average Bonchev–Trinajstić information content (AvgIpc) is 2.45. The minimum atomic E-state index is 0.167. The van der Waals surface area contributed by atoms with Gasteiger partial charge in [-0.2, -0.15) is 0 Å². The molecule has 0 aliphatic rings. The Labute approximate surface area is 149 Å². The Morgan fingerprint density at radius 3 is 1.36 bits per heavy atom. The Bertz CT molecular complexity index is 590. The summed E-state index contributed by atoms with van der Waals surface area (Å²) in [6.45, 7) is 13.5. The van der Waals surface area contributed by atoms with Crippen molar-refractivity contribution in [3.8, 4) is 0 Å². The minimum Gasteiger partial charge on any atom is -0.283 e. The monoisotopic (exact) mass is 407 g/mol. The molecule has 0 atom stereocenters. The molecule has 0 bridgehead atoms. The Morgan fingerprint density at radius 1 is 0.682 bits per heavy atom. The summed E-state index contributed by atoms with van der Waals surface area (Å²) in [5, 5.41) is 0. The number of halogens is 1. The van der Waals surface area contributed by atoms with Crippen LogP contribution in [0.1, 0.15) is 52.7 Å². The van der Waals surface area contributed by atoms with Crippen molar-refractivity contribution in [3.05, 3.63) is 59.7 Å². The highest BCUT2D eigenvalue weighted by atomic mass is 127. The molecule has 0 heterocycles. The van der Waals surface area contributed by atoms with Crippen molar-refractivity contribution in [2.45, 2.75) is 52.4 Å². The SMILES string of the molecule is CC(C)(C)c1cccc(N(I)c2cccc(C(C)(C)C)c2)c1. The highest BCUT2D eigenvalue weighted by Gasteiger charge is 2.17. The van der Waals surface area contributed by atoms with Gasteiger partial charge in [0.15, 0.2) is 0 Å². The second-order valence-electron chi connectivity index (χ2n) is 7.88. The van der Waals surface area contributed by atoms with E-state index in [-0.39, 0.29) is 10.8 Å². The molecule has 1 nitrogen and oxygen atoms in total. The molecule has 2 aromatic rings. The van der Waals surface area contributed by atoms with Crippen LogP contribution in [0.5, 0.6) is 0 Å². The van der Waals surface area contributed by atoms with E-state index in [4.69, 9.17) is 0 Å². The predicted octanol–water partition coefficient (Wildman–Crippen LogP) is 6.77. The quantitative estimate of drug-likeness (QED) is 0.392. The highest BCUT2D eigenvalue weighted by molar-refractivity contribution is 14.1. The van der Waals surface area contributed by atoms with Gasteiger partial charge >= 0.3 is 0 Å². The summed E-state index contributed by atoms with van der Waals surface area (Å²) in [5.41, 5.74) is 5.50. The van der Waals surface area contributed by atoms with E-state index in [0.717, 1.165) is 0 Å². The maximum atomic E-state index is 2.40. The molecule has 0 unspecified atom stereocenters. The third-order valence-electron chi connectivity index (χ3n) is 3.88. The van der Waals surface area contributed by atoms with Gasteiger partial charge in [0.2, 0.25) is 0 Å². The van der Waals surface area contributed by atoms with Crippen molar-refractivity contribution in [1.29, 1.82) is 0 Å². The highest BCUT2D eigenvalue weighted by Crippen LogP contribution is 2.35. The van der Waals surface area contributed by atoms with Crippen LogP contribution in [0.2, 0.25) is 0 Å². The first-order chi connectivity index (χ1) is 10.1. The zero-order valence-electron chi connectivity index (χ0n) is 14.4. The summed E-state index contributed by atoms with van der Waals surface area (Å²) >= 11 is 2.40. The van der Waals surface area contributed by atoms with Crippen LogP contribution in [-0.4, -0.2) is 0 Å². The smallest absolute Gasteiger partial charge is 0.0646 e. The third-order valence-corrected chi connectivity index (χ3v) is 4.99. The molecule has 0 saturated heterocycles. The molecule has 0 saturated carbocycles. The fourth-order valence-corrected chi connectivity index (χ4v) is 2.94. The molecule has 0 aliphatic carbocycles. The van der Waals surface area contributed by atoms with Crippen molar-refractivity contribution in [2.75, 3.05) is 3.11 Å². The zero-order valence-corrected chi connectivity index (χ0v) is 16.6. The molecule has 2 heteroatoms. The van der Waals surface area contributed by atoms with Gasteiger partial charge in [0.1, 0.15) is 0 Å². The van der Waals surface area contributed by atoms with Gasteiger partial charge in [0, 0.05) is 0 Å². The van der Waals surface area contributed by atoms with Crippen molar-refractivity contribution < 1.29 is 0 Å². The lowest BCUT2D eigenvalue weighted by atomic mass is 9.86. The van der Waals surface area contributed by atoms with E-state index in [1.165, 1.54) is 22.5 Å². The molecule has 2 aromatic carbocycles. The fraction of sp³-hybridized carbons (Fsp3) is 0.400. The molecule has 22 heavy (non-hydrogen) atoms. The Balaban J connectivity index is 2.38. The molecule has 0 fully saturated rings. The van der Waals surface area contributed by atoms with E-state index >= 15 is 0 Å². The van der Waals surface area contributed by atoms with Crippen molar-refractivity contribution in [2.24, 2.45) is 0 Å². The third kappa shape index (κ3) is 4.03. The zero-order chi connectivity index (χ0) is 16.5. The molecule has 2 rings (SSSR count). The first-order valence-corrected chi connectivity index (χ1v) is 8.72. The number of benzene rings is 2. The normalized spacial score (nSPS) is 12.3. The van der Waals surface area contributed by atoms with Crippen LogP contribution in [0.15, 0.2) is 48.5 Å². The van der Waals surface area contributed by atoms with Crippen LogP contribution < -0.4 is 3.11 Å². The number of anilines is 2. The summed E-state index contributed by atoms with van der Waals surface area (Å²) in [5.74, 6) is 0. The fourth-order valence-electron chi connectivity index (χ4n) is 2.34. The molecule has 0 aromatic heterocycles. The van der Waals surface area contributed by atoms with Gasteiger partial charge in [0.25, 0.3) is 0 Å². The molecule has 0 spiro atoms. The van der Waals surface area contributed by atoms with Gasteiger partial charge < -0.3 is 0 Å². The van der Waals surface area contributed by atoms with Crippen LogP contribution in [0.25, 0.3) is 0 Å². The first kappa shape index (κ1) is 17.3. The van der Waals surface area contributed by atoms with E-state index in [2.05, 4.69) is 116 Å². The second-order valence-corrected chi connectivity index (χ2v) is 8.85. The van der Waals surface area contributed by atoms with Gasteiger partial charge in [0.05, 0.1) is 34.2 Å². The largest absolute Gasteiger partial charge is 0.283 e. The molecule has 118 valence electrons. The summed E-state index contributed by atoms with van der Waals surface area (Å²) in [6, 6.07) is 17.6. The van der Waals surface area contributed by atoms with Gasteiger partial charge in [-0.3, -0.25) is 3.11 Å². The first-order valence-electron chi connectivity index (χ1n) is 7.76. The Hall–Kier alpha value is -1.03. The minimum absolute atomic E-state index is 0.167. The maximum absolute atomic E-state index is 2.40. The molecular weight excluding hydrogens is 381 g/mol. The lowest BCUT2D eigenvalue weighted by Crippen LogP contribution is -2.13. The predicted molar refractivity (Wildman–Crippen MR) is 106 cm³/mol. The van der Waals surface area contributed by atoms with Crippen LogP contribution in [0.4, 0.5) is 11.4 Å². The van der Waals surface area contributed by atoms with E-state index in [0.29, 0.717) is 0 Å². The topological polar surface area (TPSA) is 3.24 Å². The Morgan fingerprint density at radius 2 is 1.05 bits per heavy atom. The maximum Gasteiger partial charge on any atom is 0.0646 e. The summed E-state index contributed by atoms with van der Waals surface area (Å²) in [6.07, 6.45) is 0. The molecular formula is C20H26IN. The van der Waals surface area contributed by atoms with Gasteiger partial charge in [-0.25, -0.2) is 0 Å². The van der Waals surface area contributed by atoms with Gasteiger partial charge in [-0.1, -0.05) is 65.8 Å². The standard InChI is InChI=1S/C20H26IN/c1-19(2,3)15-9-7-11-17(13-15)22(21)18-12-8-10-16(14-18)20(4,5)6/h7-14H,1-6H3. The number of hydrogen-bond donors (Lipinski definition) is 0. The molecule has 0 radical (unpaired) electrons. The lowest BCUT2D eigenvalue weighted by molar-refractivity contribution is 0.590. The molecule has 0 amide bonds. The van der Waals surface area contributed by atoms with E-state index in [1.807, 2.05) is 0 Å². The van der Waals surface area contributed by atoms with Crippen LogP contribution in [-0.2, 0) is 10.8 Å². The van der Waals surface area contributed by atoms with E-state index < -0.39 is 0 Å². The number of hydrogen-bond acceptors (Lipinski definition) is 1. The van der Waals surface area contributed by atoms with Crippen LogP contribution >= 0.6 is 22.9 Å². The van der Waals surface area contributed by atoms with E-state index in [1.54, 1.807) is 0 Å². The Kier molecular flexibility index (Phi) is 4.90. The van der Waals surface area contributed by atoms with E-state index in [9.17, 15) is 0 Å². The van der Waals surface area contributed by atoms with Crippen molar-refractivity contribution >= 4 is 34.2 Å². The average molecular weight is 407 g/mol. The second kappa shape index (κ2) is 6.23. The van der Waals surface area contributed by atoms with Crippen molar-refractivity contribution in [3.63, 3.8) is 0 Å². The number of nitrogens with zero attached hydrogens (tertiary/aromatic N) is 1. The molecule has 0 aliphatic heterocycles. The van der Waals surface area contributed by atoms with Gasteiger partial charge in [-0.15, -0.1) is 0 Å². The van der Waals surface area contributed by atoms with Gasteiger partial charge in [-0.05, 0) is 46.2 Å². The van der Waals surface area contributed by atoms with Crippen LogP contribution in [0.3, 0.4) is 0 Å². The molecule has 0 N–H and O–H groups in total. The summed E-state index contributed by atoms with van der Waals surface area (Å²) in [4.78, 5) is 0. The lowest BCUT2D eigenvalue weighted by Gasteiger charge is -2.25. The van der Waals surface area contributed by atoms with Crippen LogP contribution in [0, 0.1) is 0 Å². The van der Waals surface area contributed by atoms with Crippen molar-refractivity contribution in [1.82, 2.24) is 0 Å².